The fourth-order valence-electron chi connectivity index (χ4n) is 5.26. The van der Waals surface area contributed by atoms with Crippen molar-refractivity contribution in [3.63, 3.8) is 0 Å². The molecule has 1 fully saturated rings. The number of para-hydroxylation sites is 1. The molecular formula is C26H26N2O4. The van der Waals surface area contributed by atoms with Gasteiger partial charge in [-0.15, -0.1) is 0 Å². The van der Waals surface area contributed by atoms with Crippen LogP contribution < -0.4 is 0 Å². The van der Waals surface area contributed by atoms with Crippen LogP contribution in [0.4, 0.5) is 4.79 Å². The van der Waals surface area contributed by atoms with Crippen molar-refractivity contribution in [2.45, 2.75) is 31.9 Å². The molecule has 1 saturated heterocycles. The number of esters is 1. The summed E-state index contributed by atoms with van der Waals surface area (Å²) in [5.74, 6) is -0.641. The average Bonchev–Trinajstić information content (AvgIpc) is 3.23. The molecule has 6 nitrogen and oxygen atoms in total. The summed E-state index contributed by atoms with van der Waals surface area (Å²) in [5.41, 5.74) is 4.81. The smallest absolute Gasteiger partial charge is 0.410 e. The van der Waals surface area contributed by atoms with Gasteiger partial charge in [-0.3, -0.25) is 9.69 Å². The number of H-pyrrole nitrogens is 1. The van der Waals surface area contributed by atoms with Gasteiger partial charge in [0.25, 0.3) is 0 Å². The van der Waals surface area contributed by atoms with E-state index in [0.29, 0.717) is 13.0 Å². The quantitative estimate of drug-likeness (QED) is 0.464. The van der Waals surface area contributed by atoms with Crippen LogP contribution in [-0.2, 0) is 20.9 Å². The number of piperidine rings is 1. The van der Waals surface area contributed by atoms with Gasteiger partial charge in [-0.05, 0) is 30.5 Å². The number of likely N-dealkylation sites (tertiary alicyclic amines) is 1. The van der Waals surface area contributed by atoms with Crippen molar-refractivity contribution in [2.24, 2.45) is 5.92 Å². The maximum absolute atomic E-state index is 13.2. The monoisotopic (exact) mass is 430 g/mol. The van der Waals surface area contributed by atoms with E-state index in [1.165, 1.54) is 7.11 Å². The molecule has 2 bridgehead atoms. The SMILES string of the molecule is C/C=C1/CN(C(=O)OCc2ccccc2)[C@H]2C[C@@H]1[C@H](C(=O)OC)c1c2[nH]c2ccccc12. The Morgan fingerprint density at radius 2 is 1.88 bits per heavy atom. The Morgan fingerprint density at radius 3 is 2.62 bits per heavy atom. The molecule has 1 N–H and O–H groups in total. The van der Waals surface area contributed by atoms with Crippen molar-refractivity contribution in [3.8, 4) is 0 Å². The molecule has 1 amide bonds. The molecule has 1 aromatic heterocycles. The van der Waals surface area contributed by atoms with Crippen LogP contribution in [-0.4, -0.2) is 35.6 Å². The molecule has 3 atom stereocenters. The standard InChI is InChI=1S/C26H26N2O4/c1-3-17-14-28(26(30)32-15-16-9-5-4-6-10-16)21-13-19(17)23(25(29)31-2)22-18-11-7-8-12-20(18)27-24(21)22/h3-12,19,21,23,27H,13-15H2,1-2H3/b17-3-/t19-,21-,23-/m0/s1. The van der Waals surface area contributed by atoms with E-state index in [4.69, 9.17) is 9.47 Å². The first-order valence-electron chi connectivity index (χ1n) is 10.9. The number of allylic oxidation sites excluding steroid dienone is 1. The number of methoxy groups -OCH3 is 1. The second-order valence-electron chi connectivity index (χ2n) is 8.39. The second-order valence-corrected chi connectivity index (χ2v) is 8.39. The van der Waals surface area contributed by atoms with E-state index < -0.39 is 5.92 Å². The molecule has 32 heavy (non-hydrogen) atoms. The Labute approximate surface area is 186 Å². The van der Waals surface area contributed by atoms with Crippen molar-refractivity contribution in [1.82, 2.24) is 9.88 Å². The van der Waals surface area contributed by atoms with Gasteiger partial charge in [-0.2, -0.15) is 0 Å². The highest BCUT2D eigenvalue weighted by Crippen LogP contribution is 2.52. The molecule has 0 spiro atoms. The fourth-order valence-corrected chi connectivity index (χ4v) is 5.26. The van der Waals surface area contributed by atoms with Crippen LogP contribution in [0.15, 0.2) is 66.2 Å². The van der Waals surface area contributed by atoms with Gasteiger partial charge in [-0.25, -0.2) is 4.79 Å². The Morgan fingerprint density at radius 1 is 1.12 bits per heavy atom. The van der Waals surface area contributed by atoms with Crippen LogP contribution in [0, 0.1) is 5.92 Å². The zero-order valence-electron chi connectivity index (χ0n) is 18.2. The molecule has 6 heteroatoms. The molecule has 1 aliphatic carbocycles. The van der Waals surface area contributed by atoms with Crippen molar-refractivity contribution in [3.05, 3.63) is 83.1 Å². The first-order valence-corrected chi connectivity index (χ1v) is 10.9. The minimum atomic E-state index is -0.393. The largest absolute Gasteiger partial charge is 0.469 e. The predicted molar refractivity (Wildman–Crippen MR) is 121 cm³/mol. The molecule has 1 aliphatic heterocycles. The predicted octanol–water partition coefficient (Wildman–Crippen LogP) is 5.08. The van der Waals surface area contributed by atoms with E-state index in [2.05, 4.69) is 4.98 Å². The summed E-state index contributed by atoms with van der Waals surface area (Å²) < 4.78 is 10.9. The van der Waals surface area contributed by atoms with Crippen LogP contribution in [0.3, 0.4) is 0 Å². The number of amides is 1. The van der Waals surface area contributed by atoms with Crippen molar-refractivity contribution in [1.29, 1.82) is 0 Å². The molecular weight excluding hydrogens is 404 g/mol. The number of carbonyl (C=O) groups is 2. The highest BCUT2D eigenvalue weighted by molar-refractivity contribution is 5.93. The number of ether oxygens (including phenoxy) is 2. The van der Waals surface area contributed by atoms with Crippen LogP contribution >= 0.6 is 0 Å². The third kappa shape index (κ3) is 3.27. The molecule has 0 unspecified atom stereocenters. The number of nitrogens with one attached hydrogen (secondary N) is 1. The van der Waals surface area contributed by atoms with E-state index in [0.717, 1.165) is 33.3 Å². The van der Waals surface area contributed by atoms with Crippen LogP contribution in [0.2, 0.25) is 0 Å². The maximum atomic E-state index is 13.2. The van der Waals surface area contributed by atoms with E-state index in [1.54, 1.807) is 4.90 Å². The highest BCUT2D eigenvalue weighted by atomic mass is 16.6. The van der Waals surface area contributed by atoms with Gasteiger partial charge in [0.1, 0.15) is 6.61 Å². The molecule has 0 saturated carbocycles. The molecule has 3 aromatic rings. The highest BCUT2D eigenvalue weighted by Gasteiger charge is 2.49. The summed E-state index contributed by atoms with van der Waals surface area (Å²) in [4.78, 5) is 31.4. The maximum Gasteiger partial charge on any atom is 0.410 e. The molecule has 2 aromatic carbocycles. The summed E-state index contributed by atoms with van der Waals surface area (Å²) in [5, 5.41) is 1.00. The summed E-state index contributed by atoms with van der Waals surface area (Å²) >= 11 is 0. The number of fused-ring (bicyclic) bond motifs is 6. The molecule has 2 heterocycles. The van der Waals surface area contributed by atoms with Crippen molar-refractivity contribution in [2.75, 3.05) is 13.7 Å². The lowest BCUT2D eigenvalue weighted by Crippen LogP contribution is -2.48. The Balaban J connectivity index is 1.55. The summed E-state index contributed by atoms with van der Waals surface area (Å²) in [6.07, 6.45) is 2.33. The first kappa shape index (κ1) is 20.4. The van der Waals surface area contributed by atoms with Gasteiger partial charge in [-0.1, -0.05) is 60.2 Å². The minimum Gasteiger partial charge on any atom is -0.469 e. The summed E-state index contributed by atoms with van der Waals surface area (Å²) in [6.45, 7) is 2.62. The number of carbonyl (C=O) groups excluding carboxylic acids is 2. The second kappa shape index (κ2) is 8.19. The minimum absolute atomic E-state index is 0.0117. The topological polar surface area (TPSA) is 71.6 Å². The van der Waals surface area contributed by atoms with Crippen LogP contribution in [0.25, 0.3) is 10.9 Å². The van der Waals surface area contributed by atoms with Gasteiger partial charge >= 0.3 is 12.1 Å². The number of nitrogens with zero attached hydrogens (tertiary/aromatic N) is 1. The molecule has 164 valence electrons. The third-order valence-corrected chi connectivity index (χ3v) is 6.77. The fraction of sp³-hybridized carbons (Fsp3) is 0.308. The average molecular weight is 431 g/mol. The number of hydrogen-bond donors (Lipinski definition) is 1. The third-order valence-electron chi connectivity index (χ3n) is 6.77. The van der Waals surface area contributed by atoms with Crippen molar-refractivity contribution >= 4 is 23.0 Å². The molecule has 2 aliphatic rings. The lowest BCUT2D eigenvalue weighted by Gasteiger charge is -2.46. The Hall–Kier alpha value is -3.54. The van der Waals surface area contributed by atoms with Gasteiger partial charge in [0.05, 0.1) is 19.1 Å². The number of hydrogen-bond acceptors (Lipinski definition) is 4. The van der Waals surface area contributed by atoms with Crippen molar-refractivity contribution < 1.29 is 19.1 Å². The van der Waals surface area contributed by atoms with E-state index in [9.17, 15) is 9.59 Å². The zero-order valence-corrected chi connectivity index (χ0v) is 18.2. The lowest BCUT2D eigenvalue weighted by atomic mass is 9.68. The van der Waals surface area contributed by atoms with Gasteiger partial charge in [0.15, 0.2) is 0 Å². The molecule has 5 rings (SSSR count). The van der Waals surface area contributed by atoms with E-state index >= 15 is 0 Å². The number of rotatable bonds is 3. The Kier molecular flexibility index (Phi) is 5.21. The summed E-state index contributed by atoms with van der Waals surface area (Å²) in [6, 6.07) is 17.4. The Bertz CT molecular complexity index is 1200. The number of aromatic amines is 1. The zero-order chi connectivity index (χ0) is 22.2. The van der Waals surface area contributed by atoms with Crippen LogP contribution in [0.5, 0.6) is 0 Å². The normalized spacial score (nSPS) is 23.1. The van der Waals surface area contributed by atoms with E-state index in [-0.39, 0.29) is 30.6 Å². The van der Waals surface area contributed by atoms with Crippen LogP contribution in [0.1, 0.15) is 42.1 Å². The summed E-state index contributed by atoms with van der Waals surface area (Å²) in [7, 11) is 1.44. The molecule has 0 radical (unpaired) electrons. The van der Waals surface area contributed by atoms with Gasteiger partial charge in [0, 0.05) is 29.1 Å². The van der Waals surface area contributed by atoms with Gasteiger partial charge in [0.2, 0.25) is 0 Å². The number of aromatic nitrogens is 1. The lowest BCUT2D eigenvalue weighted by molar-refractivity contribution is -0.144. The van der Waals surface area contributed by atoms with E-state index in [1.807, 2.05) is 67.6 Å². The number of benzene rings is 2. The first-order chi connectivity index (χ1) is 15.6. The van der Waals surface area contributed by atoms with Gasteiger partial charge < -0.3 is 14.5 Å².